The molecular weight excluding hydrogens is 323 g/mol. The monoisotopic (exact) mass is 336 g/mol. The molecule has 0 fully saturated rings. The quantitative estimate of drug-likeness (QED) is 0.667. The van der Waals surface area contributed by atoms with Crippen molar-refractivity contribution >= 4 is 31.9 Å². The van der Waals surface area contributed by atoms with Crippen LogP contribution in [0.1, 0.15) is 25.3 Å². The molecule has 0 aliphatic rings. The van der Waals surface area contributed by atoms with Gasteiger partial charge in [0.1, 0.15) is 5.82 Å². The highest BCUT2D eigenvalue weighted by atomic mass is 79.9. The van der Waals surface area contributed by atoms with Crippen LogP contribution in [0.25, 0.3) is 0 Å². The molecule has 0 nitrogen and oxygen atoms in total. The van der Waals surface area contributed by atoms with Crippen LogP contribution in [0.3, 0.4) is 0 Å². The molecule has 0 aliphatic carbocycles. The van der Waals surface area contributed by atoms with Crippen molar-refractivity contribution in [2.24, 2.45) is 5.92 Å². The second-order valence-electron chi connectivity index (χ2n) is 3.79. The van der Waals surface area contributed by atoms with Crippen molar-refractivity contribution in [3.63, 3.8) is 0 Å². The molecule has 1 aromatic carbocycles. The Morgan fingerprint density at radius 1 is 1.33 bits per heavy atom. The summed E-state index contributed by atoms with van der Waals surface area (Å²) in [5, 5.41) is 0.981. The van der Waals surface area contributed by atoms with Crippen LogP contribution in [0.5, 0.6) is 0 Å². The smallest absolute Gasteiger partial charge is 0.124 e. The lowest BCUT2D eigenvalue weighted by molar-refractivity contribution is 0.531. The van der Waals surface area contributed by atoms with Crippen molar-refractivity contribution in [1.29, 1.82) is 0 Å². The molecule has 0 N–H and O–H groups in total. The Bertz CT molecular complexity index is 292. The highest BCUT2D eigenvalue weighted by Crippen LogP contribution is 2.20. The van der Waals surface area contributed by atoms with Crippen molar-refractivity contribution in [2.75, 3.05) is 5.33 Å². The van der Waals surface area contributed by atoms with E-state index in [2.05, 4.69) is 38.8 Å². The molecule has 0 spiro atoms. The van der Waals surface area contributed by atoms with Gasteiger partial charge in [-0.2, -0.15) is 0 Å². The molecule has 0 radical (unpaired) electrons. The van der Waals surface area contributed by atoms with Crippen molar-refractivity contribution < 1.29 is 4.39 Å². The third-order valence-corrected chi connectivity index (χ3v) is 3.74. The summed E-state index contributed by atoms with van der Waals surface area (Å²) in [6.07, 6.45) is 3.29. The van der Waals surface area contributed by atoms with Gasteiger partial charge in [-0.05, 0) is 42.5 Å². The number of alkyl halides is 1. The first kappa shape index (κ1) is 13.2. The molecule has 15 heavy (non-hydrogen) atoms. The van der Waals surface area contributed by atoms with E-state index in [0.29, 0.717) is 5.92 Å². The molecule has 1 aromatic rings. The van der Waals surface area contributed by atoms with Crippen LogP contribution in [-0.4, -0.2) is 5.33 Å². The maximum Gasteiger partial charge on any atom is 0.124 e. The molecule has 0 aromatic heterocycles. The third-order valence-electron chi connectivity index (χ3n) is 2.36. The summed E-state index contributed by atoms with van der Waals surface area (Å²) in [5.74, 6) is 0.438. The van der Waals surface area contributed by atoms with Crippen molar-refractivity contribution in [2.45, 2.75) is 26.2 Å². The lowest BCUT2D eigenvalue weighted by Crippen LogP contribution is -2.06. The molecule has 1 atom stereocenters. The zero-order valence-corrected chi connectivity index (χ0v) is 11.9. The predicted molar refractivity (Wildman–Crippen MR) is 70.0 cm³/mol. The van der Waals surface area contributed by atoms with E-state index in [9.17, 15) is 4.39 Å². The summed E-state index contributed by atoms with van der Waals surface area (Å²) >= 11 is 6.82. The first-order valence-electron chi connectivity index (χ1n) is 5.16. The first-order valence-corrected chi connectivity index (χ1v) is 7.08. The van der Waals surface area contributed by atoms with Crippen LogP contribution < -0.4 is 0 Å². The Balaban J connectivity index is 2.69. The van der Waals surface area contributed by atoms with Gasteiger partial charge in [-0.1, -0.05) is 45.2 Å². The molecule has 84 valence electrons. The Kier molecular flexibility index (Phi) is 5.83. The predicted octanol–water partition coefficient (Wildman–Crippen LogP) is 4.94. The normalized spacial score (nSPS) is 12.8. The van der Waals surface area contributed by atoms with Crippen LogP contribution in [0, 0.1) is 11.7 Å². The second-order valence-corrected chi connectivity index (χ2v) is 5.35. The minimum atomic E-state index is -0.163. The van der Waals surface area contributed by atoms with E-state index in [4.69, 9.17) is 0 Å². The van der Waals surface area contributed by atoms with Gasteiger partial charge in [0.15, 0.2) is 0 Å². The van der Waals surface area contributed by atoms with Gasteiger partial charge < -0.3 is 0 Å². The lowest BCUT2D eigenvalue weighted by Gasteiger charge is -2.13. The molecule has 0 heterocycles. The molecule has 1 rings (SSSR count). The average molecular weight is 338 g/mol. The molecular formula is C12H15Br2F. The highest BCUT2D eigenvalue weighted by molar-refractivity contribution is 9.10. The van der Waals surface area contributed by atoms with E-state index >= 15 is 0 Å². The summed E-state index contributed by atoms with van der Waals surface area (Å²) in [4.78, 5) is 0. The van der Waals surface area contributed by atoms with E-state index < -0.39 is 0 Å². The van der Waals surface area contributed by atoms with Gasteiger partial charge in [-0.15, -0.1) is 0 Å². The van der Waals surface area contributed by atoms with Gasteiger partial charge in [-0.3, -0.25) is 0 Å². The Morgan fingerprint density at radius 3 is 2.60 bits per heavy atom. The SMILES string of the molecule is CCCC(CBr)Cc1cc(F)cc(Br)c1. The van der Waals surface area contributed by atoms with Crippen LogP contribution in [0.15, 0.2) is 22.7 Å². The van der Waals surface area contributed by atoms with Gasteiger partial charge in [0.2, 0.25) is 0 Å². The fourth-order valence-corrected chi connectivity index (χ4v) is 2.77. The maximum absolute atomic E-state index is 13.1. The first-order chi connectivity index (χ1) is 7.15. The molecule has 0 aliphatic heterocycles. The van der Waals surface area contributed by atoms with Crippen molar-refractivity contribution in [3.05, 3.63) is 34.1 Å². The molecule has 0 amide bonds. The average Bonchev–Trinajstić information content (AvgIpc) is 2.15. The summed E-state index contributed by atoms with van der Waals surface area (Å²) in [5.41, 5.74) is 1.07. The van der Waals surface area contributed by atoms with Crippen LogP contribution >= 0.6 is 31.9 Å². The zero-order chi connectivity index (χ0) is 11.3. The Morgan fingerprint density at radius 2 is 2.07 bits per heavy atom. The standard InChI is InChI=1S/C12H15Br2F/c1-2-3-9(8-13)4-10-5-11(14)7-12(15)6-10/h5-7,9H,2-4,8H2,1H3. The van der Waals surface area contributed by atoms with Crippen molar-refractivity contribution in [1.82, 2.24) is 0 Å². The minimum Gasteiger partial charge on any atom is -0.207 e. The summed E-state index contributed by atoms with van der Waals surface area (Å²) in [7, 11) is 0. The van der Waals surface area contributed by atoms with Gasteiger partial charge >= 0.3 is 0 Å². The van der Waals surface area contributed by atoms with Crippen molar-refractivity contribution in [3.8, 4) is 0 Å². The lowest BCUT2D eigenvalue weighted by atomic mass is 9.97. The molecule has 0 saturated carbocycles. The number of hydrogen-bond donors (Lipinski definition) is 0. The van der Waals surface area contributed by atoms with Crippen LogP contribution in [0.2, 0.25) is 0 Å². The zero-order valence-electron chi connectivity index (χ0n) is 8.77. The third kappa shape index (κ3) is 4.64. The number of rotatable bonds is 5. The van der Waals surface area contributed by atoms with Gasteiger partial charge in [0.25, 0.3) is 0 Å². The van der Waals surface area contributed by atoms with E-state index in [1.165, 1.54) is 18.9 Å². The second kappa shape index (κ2) is 6.64. The molecule has 3 heteroatoms. The largest absolute Gasteiger partial charge is 0.207 e. The van der Waals surface area contributed by atoms with Gasteiger partial charge in [-0.25, -0.2) is 4.39 Å². The van der Waals surface area contributed by atoms with Gasteiger partial charge in [0, 0.05) is 9.80 Å². The number of halogens is 3. The molecule has 1 unspecified atom stereocenters. The van der Waals surface area contributed by atoms with Gasteiger partial charge in [0.05, 0.1) is 0 Å². The van der Waals surface area contributed by atoms with E-state index in [0.717, 1.165) is 21.8 Å². The highest BCUT2D eigenvalue weighted by Gasteiger charge is 2.08. The summed E-state index contributed by atoms with van der Waals surface area (Å²) < 4.78 is 13.9. The molecule has 0 saturated heterocycles. The Labute approximate surface area is 108 Å². The van der Waals surface area contributed by atoms with E-state index in [1.54, 1.807) is 6.07 Å². The molecule has 0 bridgehead atoms. The maximum atomic E-state index is 13.1. The number of hydrogen-bond acceptors (Lipinski definition) is 0. The van der Waals surface area contributed by atoms with Crippen LogP contribution in [0.4, 0.5) is 4.39 Å². The Hall–Kier alpha value is 0.110. The topological polar surface area (TPSA) is 0 Å². The fourth-order valence-electron chi connectivity index (χ4n) is 1.70. The van der Waals surface area contributed by atoms with E-state index in [1.807, 2.05) is 6.07 Å². The van der Waals surface area contributed by atoms with E-state index in [-0.39, 0.29) is 5.82 Å². The summed E-state index contributed by atoms with van der Waals surface area (Å²) in [6.45, 7) is 2.18. The number of benzene rings is 1. The summed E-state index contributed by atoms with van der Waals surface area (Å²) in [6, 6.07) is 5.11. The minimum absolute atomic E-state index is 0.163. The fraction of sp³-hybridized carbons (Fsp3) is 0.500. The van der Waals surface area contributed by atoms with Crippen LogP contribution in [-0.2, 0) is 6.42 Å².